The average Bonchev–Trinajstić information content (AvgIpc) is 3.18. The van der Waals surface area contributed by atoms with Crippen molar-refractivity contribution in [2.75, 3.05) is 19.6 Å². The summed E-state index contributed by atoms with van der Waals surface area (Å²) in [4.78, 5) is 25.7. The van der Waals surface area contributed by atoms with Gasteiger partial charge < -0.3 is 15.3 Å². The van der Waals surface area contributed by atoms with E-state index in [4.69, 9.17) is 5.11 Å². The van der Waals surface area contributed by atoms with Crippen molar-refractivity contribution < 1.29 is 14.7 Å². The fraction of sp³-hybridized carbons (Fsp3) is 0.875. The van der Waals surface area contributed by atoms with Crippen molar-refractivity contribution in [1.29, 1.82) is 0 Å². The van der Waals surface area contributed by atoms with Crippen LogP contribution in [0, 0.1) is 11.3 Å². The number of nitrogens with zero attached hydrogens (tertiary/aromatic N) is 1. The second-order valence-electron chi connectivity index (χ2n) is 6.98. The molecule has 0 aromatic rings. The number of likely N-dealkylation sites (tertiary alicyclic amines) is 1. The van der Waals surface area contributed by atoms with Gasteiger partial charge in [0.2, 0.25) is 5.91 Å². The molecule has 0 aromatic heterocycles. The van der Waals surface area contributed by atoms with E-state index >= 15 is 0 Å². The summed E-state index contributed by atoms with van der Waals surface area (Å²) in [6.07, 6.45) is 7.24. The summed E-state index contributed by atoms with van der Waals surface area (Å²) in [5.41, 5.74) is 0.275. The standard InChI is InChI=1S/C16H26N2O3/c19-14(20)5-4-12-3-1-2-10-18(12)15(21)13-11-16(13)6-8-17-9-7-16/h12-13,17H,1-11H2,(H,19,20). The first-order valence-electron chi connectivity index (χ1n) is 8.35. The largest absolute Gasteiger partial charge is 0.481 e. The smallest absolute Gasteiger partial charge is 0.303 e. The van der Waals surface area contributed by atoms with Crippen molar-refractivity contribution in [2.24, 2.45) is 11.3 Å². The number of piperidine rings is 2. The summed E-state index contributed by atoms with van der Waals surface area (Å²) in [5, 5.41) is 12.2. The Morgan fingerprint density at radius 2 is 2.00 bits per heavy atom. The van der Waals surface area contributed by atoms with Crippen molar-refractivity contribution in [3.63, 3.8) is 0 Å². The molecule has 2 atom stereocenters. The second-order valence-corrected chi connectivity index (χ2v) is 6.98. The molecule has 0 bridgehead atoms. The van der Waals surface area contributed by atoms with E-state index in [1.807, 2.05) is 4.90 Å². The molecule has 5 heteroatoms. The van der Waals surface area contributed by atoms with E-state index in [9.17, 15) is 9.59 Å². The Balaban J connectivity index is 1.60. The maximum atomic E-state index is 12.8. The van der Waals surface area contributed by atoms with Crippen molar-refractivity contribution in [3.8, 4) is 0 Å². The van der Waals surface area contributed by atoms with Crippen LogP contribution in [0.1, 0.15) is 51.4 Å². The number of aliphatic carboxylic acids is 1. The first-order valence-corrected chi connectivity index (χ1v) is 8.35. The summed E-state index contributed by atoms with van der Waals surface area (Å²) in [6, 6.07) is 0.154. The molecular formula is C16H26N2O3. The van der Waals surface area contributed by atoms with Crippen molar-refractivity contribution in [3.05, 3.63) is 0 Å². The second kappa shape index (κ2) is 5.95. The summed E-state index contributed by atoms with van der Waals surface area (Å²) < 4.78 is 0. The summed E-state index contributed by atoms with van der Waals surface area (Å²) in [6.45, 7) is 2.90. The molecule has 0 aromatic carbocycles. The maximum absolute atomic E-state index is 12.8. The molecule has 0 radical (unpaired) electrons. The summed E-state index contributed by atoms with van der Waals surface area (Å²) in [7, 11) is 0. The maximum Gasteiger partial charge on any atom is 0.303 e. The Labute approximate surface area is 126 Å². The molecule has 2 N–H and O–H groups in total. The predicted octanol–water partition coefficient (Wildman–Crippen LogP) is 1.62. The lowest BCUT2D eigenvalue weighted by atomic mass is 9.90. The molecule has 118 valence electrons. The van der Waals surface area contributed by atoms with Crippen molar-refractivity contribution >= 4 is 11.9 Å². The molecule has 1 aliphatic carbocycles. The highest BCUT2D eigenvalue weighted by Crippen LogP contribution is 2.59. The predicted molar refractivity (Wildman–Crippen MR) is 78.9 cm³/mol. The van der Waals surface area contributed by atoms with Gasteiger partial charge in [-0.25, -0.2) is 0 Å². The Hall–Kier alpha value is -1.10. The molecule has 5 nitrogen and oxygen atoms in total. The summed E-state index contributed by atoms with van der Waals surface area (Å²) in [5.74, 6) is -0.230. The van der Waals surface area contributed by atoms with Gasteiger partial charge in [-0.3, -0.25) is 9.59 Å². The number of hydrogen-bond donors (Lipinski definition) is 2. The van der Waals surface area contributed by atoms with Gasteiger partial charge in [0.15, 0.2) is 0 Å². The van der Waals surface area contributed by atoms with E-state index in [0.29, 0.717) is 12.3 Å². The average molecular weight is 294 g/mol. The van der Waals surface area contributed by atoms with E-state index in [2.05, 4.69) is 5.32 Å². The summed E-state index contributed by atoms with van der Waals surface area (Å²) >= 11 is 0. The van der Waals surface area contributed by atoms with Crippen LogP contribution < -0.4 is 5.32 Å². The van der Waals surface area contributed by atoms with Crippen LogP contribution in [0.5, 0.6) is 0 Å². The van der Waals surface area contributed by atoms with Gasteiger partial charge in [-0.2, -0.15) is 0 Å². The van der Waals surface area contributed by atoms with Gasteiger partial charge >= 0.3 is 5.97 Å². The minimum atomic E-state index is -0.755. The lowest BCUT2D eigenvalue weighted by Crippen LogP contribution is -2.45. The van der Waals surface area contributed by atoms with Gasteiger partial charge in [0.25, 0.3) is 0 Å². The van der Waals surface area contributed by atoms with Crippen molar-refractivity contribution in [2.45, 2.75) is 57.4 Å². The van der Waals surface area contributed by atoms with Gasteiger partial charge in [0.05, 0.1) is 0 Å². The van der Waals surface area contributed by atoms with E-state index in [-0.39, 0.29) is 23.8 Å². The normalized spacial score (nSPS) is 31.1. The fourth-order valence-electron chi connectivity index (χ4n) is 4.26. The molecule has 1 amide bonds. The van der Waals surface area contributed by atoms with Gasteiger partial charge in [0, 0.05) is 24.9 Å². The first kappa shape index (κ1) is 14.8. The van der Waals surface area contributed by atoms with E-state index in [1.165, 1.54) is 0 Å². The molecule has 3 aliphatic rings. The number of amides is 1. The molecule has 2 heterocycles. The van der Waals surface area contributed by atoms with Gasteiger partial charge in [-0.1, -0.05) is 0 Å². The molecule has 3 rings (SSSR count). The Bertz CT molecular complexity index is 418. The number of carbonyl (C=O) groups excluding carboxylic acids is 1. The highest BCUT2D eigenvalue weighted by atomic mass is 16.4. The lowest BCUT2D eigenvalue weighted by molar-refractivity contribution is -0.141. The molecule has 3 fully saturated rings. The molecular weight excluding hydrogens is 268 g/mol. The zero-order valence-corrected chi connectivity index (χ0v) is 12.6. The van der Waals surface area contributed by atoms with Crippen LogP contribution in [0.3, 0.4) is 0 Å². The number of nitrogens with one attached hydrogen (secondary N) is 1. The fourth-order valence-corrected chi connectivity index (χ4v) is 4.26. The molecule has 2 aliphatic heterocycles. The van der Waals surface area contributed by atoms with Gasteiger partial charge in [-0.05, 0) is 63.5 Å². The minimum Gasteiger partial charge on any atom is -0.481 e. The quantitative estimate of drug-likeness (QED) is 0.826. The van der Waals surface area contributed by atoms with E-state index in [0.717, 1.165) is 58.2 Å². The van der Waals surface area contributed by atoms with Crippen LogP contribution in [-0.2, 0) is 9.59 Å². The zero-order chi connectivity index (χ0) is 14.9. The molecule has 1 spiro atoms. The van der Waals surface area contributed by atoms with Gasteiger partial charge in [0.1, 0.15) is 0 Å². The Kier molecular flexibility index (Phi) is 4.20. The third-order valence-corrected chi connectivity index (χ3v) is 5.69. The molecule has 2 saturated heterocycles. The van der Waals surface area contributed by atoms with Crippen LogP contribution in [0.2, 0.25) is 0 Å². The van der Waals surface area contributed by atoms with Crippen LogP contribution in [0.25, 0.3) is 0 Å². The number of carboxylic acids is 1. The van der Waals surface area contributed by atoms with Crippen LogP contribution >= 0.6 is 0 Å². The monoisotopic (exact) mass is 294 g/mol. The van der Waals surface area contributed by atoms with E-state index in [1.54, 1.807) is 0 Å². The van der Waals surface area contributed by atoms with Crippen LogP contribution in [0.4, 0.5) is 0 Å². The number of carbonyl (C=O) groups is 2. The molecule has 21 heavy (non-hydrogen) atoms. The third kappa shape index (κ3) is 3.07. The topological polar surface area (TPSA) is 69.6 Å². The Morgan fingerprint density at radius 1 is 1.24 bits per heavy atom. The minimum absolute atomic E-state index is 0.154. The first-order chi connectivity index (χ1) is 10.1. The zero-order valence-electron chi connectivity index (χ0n) is 12.6. The number of carboxylic acid groups (broad SMARTS) is 1. The lowest BCUT2D eigenvalue weighted by Gasteiger charge is -2.37. The highest BCUT2D eigenvalue weighted by molar-refractivity contribution is 5.83. The van der Waals surface area contributed by atoms with Crippen LogP contribution in [0.15, 0.2) is 0 Å². The molecule has 2 unspecified atom stereocenters. The Morgan fingerprint density at radius 3 is 2.71 bits per heavy atom. The highest BCUT2D eigenvalue weighted by Gasteiger charge is 2.59. The molecule has 1 saturated carbocycles. The van der Waals surface area contributed by atoms with Gasteiger partial charge in [-0.15, -0.1) is 0 Å². The van der Waals surface area contributed by atoms with Crippen molar-refractivity contribution in [1.82, 2.24) is 10.2 Å². The number of rotatable bonds is 4. The van der Waals surface area contributed by atoms with E-state index < -0.39 is 5.97 Å². The SMILES string of the molecule is O=C(O)CCC1CCCCN1C(=O)C1CC12CCNCC2. The number of hydrogen-bond acceptors (Lipinski definition) is 3. The third-order valence-electron chi connectivity index (χ3n) is 5.69. The van der Waals surface area contributed by atoms with Crippen LogP contribution in [-0.4, -0.2) is 47.6 Å².